The van der Waals surface area contributed by atoms with Gasteiger partial charge in [0.2, 0.25) is 0 Å². The third-order valence-corrected chi connectivity index (χ3v) is 3.73. The summed E-state index contributed by atoms with van der Waals surface area (Å²) < 4.78 is 5.69. The zero-order valence-corrected chi connectivity index (χ0v) is 13.5. The molecule has 0 saturated carbocycles. The topological polar surface area (TPSA) is 74.4 Å². The molecule has 1 amide bonds. The van der Waals surface area contributed by atoms with E-state index >= 15 is 0 Å². The van der Waals surface area contributed by atoms with Crippen molar-refractivity contribution >= 4 is 5.91 Å². The summed E-state index contributed by atoms with van der Waals surface area (Å²) in [5.74, 6) is -0.315. The molecule has 1 aromatic rings. The van der Waals surface area contributed by atoms with E-state index < -0.39 is 0 Å². The first-order chi connectivity index (χ1) is 10.5. The molecule has 2 heterocycles. The Morgan fingerprint density at radius 1 is 1.36 bits per heavy atom. The van der Waals surface area contributed by atoms with Gasteiger partial charge >= 0.3 is 0 Å². The number of hydrogen-bond acceptors (Lipinski definition) is 4. The number of aromatic nitrogens is 1. The number of nitrogens with zero attached hydrogens (tertiary/aromatic N) is 1. The second-order valence-electron chi connectivity index (χ2n) is 6.01. The van der Waals surface area contributed by atoms with Gasteiger partial charge in [-0.2, -0.15) is 0 Å². The normalized spacial score (nSPS) is 22.5. The average molecular weight is 307 g/mol. The third kappa shape index (κ3) is 4.68. The van der Waals surface area contributed by atoms with Crippen LogP contribution in [-0.2, 0) is 4.74 Å². The van der Waals surface area contributed by atoms with E-state index in [0.29, 0.717) is 6.54 Å². The monoisotopic (exact) mass is 307 g/mol. The van der Waals surface area contributed by atoms with Gasteiger partial charge in [0.25, 0.3) is 11.5 Å². The largest absolute Gasteiger partial charge is 0.373 e. The molecule has 2 atom stereocenters. The first-order valence-electron chi connectivity index (χ1n) is 7.81. The van der Waals surface area contributed by atoms with Crippen molar-refractivity contribution in [3.05, 3.63) is 33.7 Å². The Labute approximate surface area is 130 Å². The molecular formula is C16H25N3O3. The molecule has 0 bridgehead atoms. The van der Waals surface area contributed by atoms with Crippen molar-refractivity contribution in [2.75, 3.05) is 26.2 Å². The molecule has 2 rings (SSSR count). The standard InChI is InChI=1S/C16H25N3O3/c1-11-5-6-14(16(21)18-11)15(20)17-7-4-8-19-9-12(2)22-13(3)10-19/h5-6,12-13H,4,7-10H2,1-3H3,(H,17,20)(H,18,21)/t12-,13-/m1/s1. The van der Waals surface area contributed by atoms with Gasteiger partial charge in [0.05, 0.1) is 12.2 Å². The first-order valence-corrected chi connectivity index (χ1v) is 7.81. The molecule has 0 aliphatic carbocycles. The van der Waals surface area contributed by atoms with Gasteiger partial charge < -0.3 is 15.0 Å². The van der Waals surface area contributed by atoms with Crippen molar-refractivity contribution in [1.29, 1.82) is 0 Å². The van der Waals surface area contributed by atoms with Crippen LogP contribution in [0.2, 0.25) is 0 Å². The number of rotatable bonds is 5. The summed E-state index contributed by atoms with van der Waals surface area (Å²) in [6.45, 7) is 9.27. The number of aromatic amines is 1. The smallest absolute Gasteiger partial charge is 0.260 e. The summed E-state index contributed by atoms with van der Waals surface area (Å²) in [5, 5.41) is 2.80. The van der Waals surface area contributed by atoms with Crippen LogP contribution < -0.4 is 10.9 Å². The number of H-pyrrole nitrogens is 1. The van der Waals surface area contributed by atoms with Crippen LogP contribution in [0.5, 0.6) is 0 Å². The maximum atomic E-state index is 12.0. The molecule has 0 radical (unpaired) electrons. The van der Waals surface area contributed by atoms with Crippen molar-refractivity contribution < 1.29 is 9.53 Å². The lowest BCUT2D eigenvalue weighted by Crippen LogP contribution is -2.46. The molecule has 22 heavy (non-hydrogen) atoms. The van der Waals surface area contributed by atoms with Crippen molar-refractivity contribution in [3.63, 3.8) is 0 Å². The van der Waals surface area contributed by atoms with Crippen molar-refractivity contribution in [2.45, 2.75) is 39.4 Å². The minimum absolute atomic E-state index is 0.166. The molecule has 6 nitrogen and oxygen atoms in total. The van der Waals surface area contributed by atoms with Crippen molar-refractivity contribution in [3.8, 4) is 0 Å². The summed E-state index contributed by atoms with van der Waals surface area (Å²) in [6.07, 6.45) is 1.36. The van der Waals surface area contributed by atoms with E-state index in [9.17, 15) is 9.59 Å². The molecule has 1 saturated heterocycles. The van der Waals surface area contributed by atoms with Gasteiger partial charge in [-0.15, -0.1) is 0 Å². The number of carbonyl (C=O) groups excluding carboxylic acids is 1. The van der Waals surface area contributed by atoms with Gasteiger partial charge in [-0.25, -0.2) is 0 Å². The van der Waals surface area contributed by atoms with Gasteiger partial charge in [0.15, 0.2) is 0 Å². The molecule has 2 N–H and O–H groups in total. The Hall–Kier alpha value is -1.66. The van der Waals surface area contributed by atoms with Crippen LogP contribution in [0, 0.1) is 6.92 Å². The number of nitrogens with one attached hydrogen (secondary N) is 2. The zero-order valence-electron chi connectivity index (χ0n) is 13.5. The molecule has 0 aromatic carbocycles. The van der Waals surface area contributed by atoms with Gasteiger partial charge in [0.1, 0.15) is 5.56 Å². The fourth-order valence-corrected chi connectivity index (χ4v) is 2.82. The van der Waals surface area contributed by atoms with E-state index in [1.54, 1.807) is 19.1 Å². The fraction of sp³-hybridized carbons (Fsp3) is 0.625. The number of pyridine rings is 1. The van der Waals surface area contributed by atoms with Crippen LogP contribution in [0.25, 0.3) is 0 Å². The number of carbonyl (C=O) groups is 1. The molecule has 122 valence electrons. The molecule has 1 aromatic heterocycles. The maximum absolute atomic E-state index is 12.0. The van der Waals surface area contributed by atoms with E-state index in [0.717, 1.165) is 31.7 Å². The van der Waals surface area contributed by atoms with E-state index in [4.69, 9.17) is 4.74 Å². The second kappa shape index (κ2) is 7.56. The number of ether oxygens (including phenoxy) is 1. The van der Waals surface area contributed by atoms with Crippen LogP contribution in [0.15, 0.2) is 16.9 Å². The molecule has 1 fully saturated rings. The molecule has 6 heteroatoms. The summed E-state index contributed by atoms with van der Waals surface area (Å²) in [4.78, 5) is 28.6. The van der Waals surface area contributed by atoms with E-state index in [1.807, 2.05) is 0 Å². The average Bonchev–Trinajstić information content (AvgIpc) is 2.42. The molecule has 0 spiro atoms. The predicted octanol–water partition coefficient (Wildman–Crippen LogP) is 0.912. The maximum Gasteiger partial charge on any atom is 0.260 e. The highest BCUT2D eigenvalue weighted by Crippen LogP contribution is 2.10. The lowest BCUT2D eigenvalue weighted by Gasteiger charge is -2.35. The highest BCUT2D eigenvalue weighted by Gasteiger charge is 2.21. The summed E-state index contributed by atoms with van der Waals surface area (Å²) in [5.41, 5.74) is 0.574. The second-order valence-corrected chi connectivity index (χ2v) is 6.01. The summed E-state index contributed by atoms with van der Waals surface area (Å²) in [7, 11) is 0. The van der Waals surface area contributed by atoms with Crippen LogP contribution in [0.4, 0.5) is 0 Å². The Morgan fingerprint density at radius 2 is 2.05 bits per heavy atom. The van der Waals surface area contributed by atoms with Gasteiger partial charge in [-0.3, -0.25) is 14.5 Å². The molecule has 1 aliphatic heterocycles. The van der Waals surface area contributed by atoms with Crippen LogP contribution >= 0.6 is 0 Å². The Kier molecular flexibility index (Phi) is 5.74. The van der Waals surface area contributed by atoms with Gasteiger partial charge in [-0.05, 0) is 39.3 Å². The van der Waals surface area contributed by atoms with Gasteiger partial charge in [-0.1, -0.05) is 0 Å². The predicted molar refractivity (Wildman–Crippen MR) is 85.2 cm³/mol. The van der Waals surface area contributed by atoms with Crippen LogP contribution in [0.1, 0.15) is 36.3 Å². The summed E-state index contributed by atoms with van der Waals surface area (Å²) in [6, 6.07) is 3.29. The van der Waals surface area contributed by atoms with E-state index in [1.165, 1.54) is 0 Å². The Balaban J connectivity index is 1.74. The number of amides is 1. The lowest BCUT2D eigenvalue weighted by molar-refractivity contribution is -0.0679. The van der Waals surface area contributed by atoms with Crippen molar-refractivity contribution in [2.24, 2.45) is 0 Å². The zero-order chi connectivity index (χ0) is 16.1. The quantitative estimate of drug-likeness (QED) is 0.793. The Morgan fingerprint density at radius 3 is 2.68 bits per heavy atom. The minimum atomic E-state index is -0.340. The molecule has 0 unspecified atom stereocenters. The number of hydrogen-bond donors (Lipinski definition) is 2. The molecular weight excluding hydrogens is 282 g/mol. The number of aryl methyl sites for hydroxylation is 1. The minimum Gasteiger partial charge on any atom is -0.373 e. The number of morpholine rings is 1. The third-order valence-electron chi connectivity index (χ3n) is 3.73. The summed E-state index contributed by atoms with van der Waals surface area (Å²) >= 11 is 0. The van der Waals surface area contributed by atoms with Gasteiger partial charge in [0, 0.05) is 31.9 Å². The van der Waals surface area contributed by atoms with Crippen LogP contribution in [-0.4, -0.2) is 54.2 Å². The van der Waals surface area contributed by atoms with Crippen LogP contribution in [0.3, 0.4) is 0 Å². The SMILES string of the molecule is Cc1ccc(C(=O)NCCCN2C[C@@H](C)O[C@H](C)C2)c(=O)[nH]1. The lowest BCUT2D eigenvalue weighted by atomic mass is 10.2. The highest BCUT2D eigenvalue weighted by atomic mass is 16.5. The first kappa shape index (κ1) is 16.7. The molecule has 1 aliphatic rings. The van der Waals surface area contributed by atoms with Crippen molar-refractivity contribution in [1.82, 2.24) is 15.2 Å². The van der Waals surface area contributed by atoms with E-state index in [2.05, 4.69) is 29.0 Å². The Bertz CT molecular complexity index is 560. The van der Waals surface area contributed by atoms with E-state index in [-0.39, 0.29) is 29.2 Å². The fourth-order valence-electron chi connectivity index (χ4n) is 2.82. The highest BCUT2D eigenvalue weighted by molar-refractivity contribution is 5.93.